The molecule has 1 saturated heterocycles. The standard InChI is InChI=1S/C21H21BrN4O/c22-18-19(16-7-3-1-4-8-16)24-25-20(18)21(27)26-14-6-2-5-9-17(26)15-10-12-23-13-11-15/h1,3-4,7-8,10-13,17H,2,5-6,9,14H2,(H,24,25)/t17-/m1/s1. The SMILES string of the molecule is O=C(c1[nH]nc(-c2ccccc2)c1Br)N1CCCCC[C@@H]1c1ccncc1. The number of pyridine rings is 1. The van der Waals surface area contributed by atoms with E-state index in [2.05, 4.69) is 31.1 Å². The van der Waals surface area contributed by atoms with Gasteiger partial charge in [0.15, 0.2) is 0 Å². The van der Waals surface area contributed by atoms with Crippen LogP contribution in [0, 0.1) is 0 Å². The quantitative estimate of drug-likeness (QED) is 0.643. The van der Waals surface area contributed by atoms with Crippen LogP contribution in [-0.2, 0) is 0 Å². The maximum absolute atomic E-state index is 13.4. The van der Waals surface area contributed by atoms with Crippen molar-refractivity contribution in [1.29, 1.82) is 0 Å². The number of benzene rings is 1. The number of rotatable bonds is 3. The average Bonchev–Trinajstić information content (AvgIpc) is 2.94. The van der Waals surface area contributed by atoms with Crippen LogP contribution in [0.1, 0.15) is 47.8 Å². The number of aromatic nitrogens is 3. The molecule has 0 unspecified atom stereocenters. The lowest BCUT2D eigenvalue weighted by Crippen LogP contribution is -2.35. The number of likely N-dealkylation sites (tertiary alicyclic amines) is 1. The van der Waals surface area contributed by atoms with Crippen molar-refractivity contribution in [1.82, 2.24) is 20.1 Å². The minimum absolute atomic E-state index is 0.0136. The van der Waals surface area contributed by atoms with E-state index < -0.39 is 0 Å². The van der Waals surface area contributed by atoms with Crippen LogP contribution in [0.15, 0.2) is 59.3 Å². The van der Waals surface area contributed by atoms with Gasteiger partial charge in [0, 0.05) is 24.5 Å². The summed E-state index contributed by atoms with van der Waals surface area (Å²) in [5.74, 6) is -0.0136. The molecule has 2 aromatic heterocycles. The summed E-state index contributed by atoms with van der Waals surface area (Å²) in [5, 5.41) is 7.36. The van der Waals surface area contributed by atoms with Crippen molar-refractivity contribution in [3.8, 4) is 11.3 Å². The van der Waals surface area contributed by atoms with Gasteiger partial charge in [-0.1, -0.05) is 43.2 Å². The first kappa shape index (κ1) is 17.9. The monoisotopic (exact) mass is 424 g/mol. The third kappa shape index (κ3) is 3.67. The number of aromatic amines is 1. The number of H-pyrrole nitrogens is 1. The van der Waals surface area contributed by atoms with E-state index in [0.717, 1.165) is 53.5 Å². The summed E-state index contributed by atoms with van der Waals surface area (Å²) in [6, 6.07) is 14.0. The maximum Gasteiger partial charge on any atom is 0.273 e. The van der Waals surface area contributed by atoms with Crippen LogP contribution in [0.5, 0.6) is 0 Å². The lowest BCUT2D eigenvalue weighted by Gasteiger charge is -2.30. The number of amides is 1. The Labute approximate surface area is 167 Å². The molecule has 138 valence electrons. The summed E-state index contributed by atoms with van der Waals surface area (Å²) in [7, 11) is 0. The topological polar surface area (TPSA) is 61.9 Å². The first-order valence-electron chi connectivity index (χ1n) is 9.26. The Kier molecular flexibility index (Phi) is 5.34. The third-order valence-corrected chi connectivity index (χ3v) is 5.84. The Morgan fingerprint density at radius 3 is 2.63 bits per heavy atom. The van der Waals surface area contributed by atoms with Crippen molar-refractivity contribution in [2.24, 2.45) is 0 Å². The molecular weight excluding hydrogens is 404 g/mol. The molecule has 1 aliphatic heterocycles. The van der Waals surface area contributed by atoms with Crippen molar-refractivity contribution in [3.05, 3.63) is 70.6 Å². The predicted octanol–water partition coefficient (Wildman–Crippen LogP) is 4.99. The Balaban J connectivity index is 1.67. The van der Waals surface area contributed by atoms with Crippen molar-refractivity contribution < 1.29 is 4.79 Å². The molecule has 0 bridgehead atoms. The molecule has 1 fully saturated rings. The van der Waals surface area contributed by atoms with Crippen molar-refractivity contribution in [2.45, 2.75) is 31.7 Å². The first-order chi connectivity index (χ1) is 13.3. The fourth-order valence-electron chi connectivity index (χ4n) is 3.68. The molecule has 6 heteroatoms. The molecule has 1 amide bonds. The van der Waals surface area contributed by atoms with Crippen molar-refractivity contribution >= 4 is 21.8 Å². The Hall–Kier alpha value is -2.47. The van der Waals surface area contributed by atoms with Crippen LogP contribution in [0.3, 0.4) is 0 Å². The van der Waals surface area contributed by atoms with Gasteiger partial charge in [0.1, 0.15) is 11.4 Å². The fraction of sp³-hybridized carbons (Fsp3) is 0.286. The highest BCUT2D eigenvalue weighted by molar-refractivity contribution is 9.10. The number of nitrogens with one attached hydrogen (secondary N) is 1. The molecule has 3 heterocycles. The molecule has 1 atom stereocenters. The normalized spacial score (nSPS) is 17.5. The van der Waals surface area contributed by atoms with Gasteiger partial charge in [0.05, 0.1) is 10.5 Å². The first-order valence-corrected chi connectivity index (χ1v) is 10.0. The van der Waals surface area contributed by atoms with E-state index in [1.165, 1.54) is 0 Å². The number of hydrogen-bond acceptors (Lipinski definition) is 3. The van der Waals surface area contributed by atoms with Crippen LogP contribution in [-0.4, -0.2) is 32.5 Å². The maximum atomic E-state index is 13.4. The molecule has 1 N–H and O–H groups in total. The van der Waals surface area contributed by atoms with Gasteiger partial charge < -0.3 is 4.90 Å². The third-order valence-electron chi connectivity index (χ3n) is 5.07. The highest BCUT2D eigenvalue weighted by Gasteiger charge is 2.30. The summed E-state index contributed by atoms with van der Waals surface area (Å²) < 4.78 is 0.719. The summed E-state index contributed by atoms with van der Waals surface area (Å²) in [6.07, 6.45) is 7.84. The van der Waals surface area contributed by atoms with Crippen LogP contribution in [0.2, 0.25) is 0 Å². The molecular formula is C21H21BrN4O. The van der Waals surface area contributed by atoms with Gasteiger partial charge >= 0.3 is 0 Å². The second kappa shape index (κ2) is 8.05. The second-order valence-corrected chi connectivity index (χ2v) is 7.56. The van der Waals surface area contributed by atoms with Crippen LogP contribution in [0.4, 0.5) is 0 Å². The minimum Gasteiger partial charge on any atom is -0.330 e. The molecule has 1 aliphatic rings. The molecule has 27 heavy (non-hydrogen) atoms. The molecule has 0 radical (unpaired) electrons. The summed E-state index contributed by atoms with van der Waals surface area (Å²) in [5.41, 5.74) is 3.38. The van der Waals surface area contributed by atoms with Gasteiger partial charge in [0.25, 0.3) is 5.91 Å². The van der Waals surface area contributed by atoms with Gasteiger partial charge in [-0.15, -0.1) is 0 Å². The number of carbonyl (C=O) groups is 1. The minimum atomic E-state index is -0.0136. The number of nitrogens with zero attached hydrogens (tertiary/aromatic N) is 3. The highest BCUT2D eigenvalue weighted by Crippen LogP contribution is 2.34. The van der Waals surface area contributed by atoms with Gasteiger partial charge in [-0.2, -0.15) is 5.10 Å². The zero-order valence-corrected chi connectivity index (χ0v) is 16.5. The summed E-state index contributed by atoms with van der Waals surface area (Å²) in [6.45, 7) is 0.748. The zero-order valence-electron chi connectivity index (χ0n) is 14.9. The molecule has 4 rings (SSSR count). The van der Waals surface area contributed by atoms with E-state index in [9.17, 15) is 4.79 Å². The van der Waals surface area contributed by atoms with Crippen LogP contribution >= 0.6 is 15.9 Å². The lowest BCUT2D eigenvalue weighted by atomic mass is 10.0. The molecule has 0 spiro atoms. The van der Waals surface area contributed by atoms with Crippen molar-refractivity contribution in [3.63, 3.8) is 0 Å². The Morgan fingerprint density at radius 2 is 1.85 bits per heavy atom. The number of hydrogen-bond donors (Lipinski definition) is 1. The van der Waals surface area contributed by atoms with Gasteiger partial charge in [-0.25, -0.2) is 0 Å². The van der Waals surface area contributed by atoms with Crippen LogP contribution in [0.25, 0.3) is 11.3 Å². The van der Waals surface area contributed by atoms with E-state index in [-0.39, 0.29) is 11.9 Å². The predicted molar refractivity (Wildman–Crippen MR) is 108 cm³/mol. The smallest absolute Gasteiger partial charge is 0.273 e. The Bertz CT molecular complexity index is 910. The van der Waals surface area contributed by atoms with Gasteiger partial charge in [-0.05, 0) is 46.5 Å². The van der Waals surface area contributed by atoms with Gasteiger partial charge in [0.2, 0.25) is 0 Å². The zero-order chi connectivity index (χ0) is 18.6. The molecule has 1 aromatic carbocycles. The van der Waals surface area contributed by atoms with Crippen LogP contribution < -0.4 is 0 Å². The van der Waals surface area contributed by atoms with Gasteiger partial charge in [-0.3, -0.25) is 14.9 Å². The van der Waals surface area contributed by atoms with E-state index in [4.69, 9.17) is 0 Å². The molecule has 3 aromatic rings. The van der Waals surface area contributed by atoms with E-state index in [1.807, 2.05) is 47.4 Å². The average molecular weight is 425 g/mol. The highest BCUT2D eigenvalue weighted by atomic mass is 79.9. The van der Waals surface area contributed by atoms with E-state index >= 15 is 0 Å². The van der Waals surface area contributed by atoms with Crippen molar-refractivity contribution in [2.75, 3.05) is 6.54 Å². The molecule has 5 nitrogen and oxygen atoms in total. The second-order valence-electron chi connectivity index (χ2n) is 6.77. The number of carbonyl (C=O) groups excluding carboxylic acids is 1. The largest absolute Gasteiger partial charge is 0.330 e. The number of halogens is 1. The summed E-state index contributed by atoms with van der Waals surface area (Å²) in [4.78, 5) is 19.5. The molecule has 0 aliphatic carbocycles. The van der Waals surface area contributed by atoms with E-state index in [1.54, 1.807) is 12.4 Å². The Morgan fingerprint density at radius 1 is 1.07 bits per heavy atom. The fourth-order valence-corrected chi connectivity index (χ4v) is 4.26. The van der Waals surface area contributed by atoms with E-state index in [0.29, 0.717) is 5.69 Å². The molecule has 0 saturated carbocycles. The lowest BCUT2D eigenvalue weighted by molar-refractivity contribution is 0.0673. The summed E-state index contributed by atoms with van der Waals surface area (Å²) >= 11 is 3.60.